The third-order valence-electron chi connectivity index (χ3n) is 2.16. The minimum atomic E-state index is 0.0621. The summed E-state index contributed by atoms with van der Waals surface area (Å²) in [6.45, 7) is 7.02. The lowest BCUT2D eigenvalue weighted by molar-refractivity contribution is 0.224. The van der Waals surface area contributed by atoms with Gasteiger partial charge in [-0.1, -0.05) is 11.6 Å². The highest BCUT2D eigenvalue weighted by atomic mass is 35.5. The highest BCUT2D eigenvalue weighted by molar-refractivity contribution is 6.32. The van der Waals surface area contributed by atoms with Gasteiger partial charge in [0.05, 0.1) is 17.7 Å². The molecule has 0 atom stereocenters. The Hall–Kier alpha value is -0.930. The summed E-state index contributed by atoms with van der Waals surface area (Å²) in [6.07, 6.45) is 0.842. The van der Waals surface area contributed by atoms with Gasteiger partial charge in [0.2, 0.25) is 0 Å². The highest BCUT2D eigenvalue weighted by Gasteiger charge is 2.13. The average Bonchev–Trinajstić information content (AvgIpc) is 2.23. The van der Waals surface area contributed by atoms with Crippen molar-refractivity contribution in [3.63, 3.8) is 0 Å². The van der Waals surface area contributed by atoms with Gasteiger partial charge in [-0.2, -0.15) is 0 Å². The molecule has 96 valence electrons. The summed E-state index contributed by atoms with van der Waals surface area (Å²) in [5.41, 5.74) is 6.61. The second kappa shape index (κ2) is 6.72. The van der Waals surface area contributed by atoms with Crippen LogP contribution < -0.4 is 15.2 Å². The maximum Gasteiger partial charge on any atom is 0.180 e. The number of rotatable bonds is 6. The van der Waals surface area contributed by atoms with Crippen molar-refractivity contribution in [2.45, 2.75) is 33.3 Å². The van der Waals surface area contributed by atoms with Crippen LogP contribution >= 0.6 is 11.6 Å². The first kappa shape index (κ1) is 14.1. The third-order valence-corrected chi connectivity index (χ3v) is 2.44. The van der Waals surface area contributed by atoms with E-state index in [0.717, 1.165) is 12.0 Å². The fourth-order valence-electron chi connectivity index (χ4n) is 1.55. The predicted molar refractivity (Wildman–Crippen MR) is 71.1 cm³/mol. The van der Waals surface area contributed by atoms with Crippen molar-refractivity contribution in [3.8, 4) is 11.5 Å². The number of ether oxygens (including phenoxy) is 2. The molecule has 0 aliphatic heterocycles. The van der Waals surface area contributed by atoms with Crippen molar-refractivity contribution >= 4 is 11.6 Å². The number of hydrogen-bond acceptors (Lipinski definition) is 3. The van der Waals surface area contributed by atoms with E-state index in [0.29, 0.717) is 29.7 Å². The van der Waals surface area contributed by atoms with Gasteiger partial charge in [0, 0.05) is 0 Å². The zero-order chi connectivity index (χ0) is 12.8. The van der Waals surface area contributed by atoms with Crippen molar-refractivity contribution in [2.75, 3.05) is 13.2 Å². The molecule has 0 spiro atoms. The Balaban J connectivity index is 3.08. The van der Waals surface area contributed by atoms with Gasteiger partial charge in [-0.05, 0) is 51.4 Å². The normalized spacial score (nSPS) is 10.7. The summed E-state index contributed by atoms with van der Waals surface area (Å²) < 4.78 is 11.2. The Bertz CT molecular complexity index is 367. The van der Waals surface area contributed by atoms with Crippen LogP contribution in [0.25, 0.3) is 0 Å². The molecular weight excluding hydrogens is 238 g/mol. The largest absolute Gasteiger partial charge is 0.490 e. The smallest absolute Gasteiger partial charge is 0.180 e. The molecule has 1 aromatic carbocycles. The summed E-state index contributed by atoms with van der Waals surface area (Å²) >= 11 is 6.20. The number of nitrogens with two attached hydrogens (primary N) is 1. The lowest BCUT2D eigenvalue weighted by Gasteiger charge is -2.17. The molecular formula is C13H20ClNO2. The number of halogens is 1. The first-order chi connectivity index (χ1) is 8.08. The fraction of sp³-hybridized carbons (Fsp3) is 0.538. The van der Waals surface area contributed by atoms with E-state index in [1.54, 1.807) is 0 Å². The molecule has 0 aliphatic rings. The van der Waals surface area contributed by atoms with E-state index in [1.165, 1.54) is 0 Å². The Labute approximate surface area is 108 Å². The highest BCUT2D eigenvalue weighted by Crippen LogP contribution is 2.37. The van der Waals surface area contributed by atoms with Crippen LogP contribution in [0.4, 0.5) is 0 Å². The molecule has 4 heteroatoms. The van der Waals surface area contributed by atoms with Crippen LogP contribution in [0.3, 0.4) is 0 Å². The number of hydrogen-bond donors (Lipinski definition) is 1. The molecule has 1 rings (SSSR count). The second-order valence-electron chi connectivity index (χ2n) is 4.04. The Morgan fingerprint density at radius 1 is 1.35 bits per heavy atom. The van der Waals surface area contributed by atoms with Crippen molar-refractivity contribution in [1.82, 2.24) is 0 Å². The molecule has 0 saturated heterocycles. The van der Waals surface area contributed by atoms with Gasteiger partial charge in [-0.3, -0.25) is 0 Å². The quantitative estimate of drug-likeness (QED) is 0.852. The van der Waals surface area contributed by atoms with Gasteiger partial charge in [-0.25, -0.2) is 0 Å². The molecule has 2 N–H and O–H groups in total. The lowest BCUT2D eigenvalue weighted by Crippen LogP contribution is -2.09. The Morgan fingerprint density at radius 2 is 2.06 bits per heavy atom. The molecule has 0 fully saturated rings. The van der Waals surface area contributed by atoms with Crippen molar-refractivity contribution in [1.29, 1.82) is 0 Å². The SMILES string of the molecule is CCOc1cc(CCN)cc(Cl)c1OC(C)C. The average molecular weight is 258 g/mol. The van der Waals surface area contributed by atoms with Crippen molar-refractivity contribution < 1.29 is 9.47 Å². The predicted octanol–water partition coefficient (Wildman–Crippen LogP) is 3.03. The van der Waals surface area contributed by atoms with E-state index in [1.807, 2.05) is 32.9 Å². The van der Waals surface area contributed by atoms with Crippen LogP contribution in [0, 0.1) is 0 Å². The first-order valence-electron chi connectivity index (χ1n) is 5.90. The Kier molecular flexibility index (Phi) is 5.59. The summed E-state index contributed by atoms with van der Waals surface area (Å²) in [7, 11) is 0. The molecule has 0 bridgehead atoms. The van der Waals surface area contributed by atoms with Crippen LogP contribution in [0.2, 0.25) is 5.02 Å². The lowest BCUT2D eigenvalue weighted by atomic mass is 10.1. The molecule has 0 unspecified atom stereocenters. The molecule has 0 saturated carbocycles. The zero-order valence-corrected chi connectivity index (χ0v) is 11.4. The molecule has 1 aromatic rings. The van der Waals surface area contributed by atoms with E-state index >= 15 is 0 Å². The molecule has 3 nitrogen and oxygen atoms in total. The fourth-order valence-corrected chi connectivity index (χ4v) is 1.82. The number of benzene rings is 1. The molecule has 0 heterocycles. The van der Waals surface area contributed by atoms with E-state index in [9.17, 15) is 0 Å². The van der Waals surface area contributed by atoms with Crippen LogP contribution in [-0.2, 0) is 6.42 Å². The van der Waals surface area contributed by atoms with Gasteiger partial charge in [-0.15, -0.1) is 0 Å². The summed E-state index contributed by atoms with van der Waals surface area (Å²) in [5, 5.41) is 0.577. The van der Waals surface area contributed by atoms with Crippen LogP contribution in [0.1, 0.15) is 26.3 Å². The zero-order valence-electron chi connectivity index (χ0n) is 10.6. The monoisotopic (exact) mass is 257 g/mol. The van der Waals surface area contributed by atoms with Gasteiger partial charge in [0.1, 0.15) is 0 Å². The summed E-state index contributed by atoms with van der Waals surface area (Å²) in [5.74, 6) is 1.31. The molecule has 0 aromatic heterocycles. The van der Waals surface area contributed by atoms with E-state index < -0.39 is 0 Å². The molecule has 17 heavy (non-hydrogen) atoms. The van der Waals surface area contributed by atoms with Crippen molar-refractivity contribution in [3.05, 3.63) is 22.7 Å². The van der Waals surface area contributed by atoms with Crippen molar-refractivity contribution in [2.24, 2.45) is 5.73 Å². The summed E-state index contributed by atoms with van der Waals surface area (Å²) in [4.78, 5) is 0. The molecule has 0 radical (unpaired) electrons. The van der Waals surface area contributed by atoms with Gasteiger partial charge < -0.3 is 15.2 Å². The van der Waals surface area contributed by atoms with Gasteiger partial charge in [0.15, 0.2) is 11.5 Å². The first-order valence-corrected chi connectivity index (χ1v) is 6.28. The molecule has 0 aliphatic carbocycles. The van der Waals surface area contributed by atoms with Gasteiger partial charge in [0.25, 0.3) is 0 Å². The second-order valence-corrected chi connectivity index (χ2v) is 4.45. The Morgan fingerprint density at radius 3 is 2.59 bits per heavy atom. The standard InChI is InChI=1S/C13H20ClNO2/c1-4-16-12-8-10(5-6-15)7-11(14)13(12)17-9(2)3/h7-9H,4-6,15H2,1-3H3. The van der Waals surface area contributed by atoms with Crippen LogP contribution in [-0.4, -0.2) is 19.3 Å². The van der Waals surface area contributed by atoms with E-state index in [4.69, 9.17) is 26.8 Å². The third kappa shape index (κ3) is 4.10. The van der Waals surface area contributed by atoms with E-state index in [-0.39, 0.29) is 6.10 Å². The minimum Gasteiger partial charge on any atom is -0.490 e. The molecule has 0 amide bonds. The topological polar surface area (TPSA) is 44.5 Å². The maximum atomic E-state index is 6.20. The van der Waals surface area contributed by atoms with Gasteiger partial charge >= 0.3 is 0 Å². The summed E-state index contributed by atoms with van der Waals surface area (Å²) in [6, 6.07) is 3.83. The van der Waals surface area contributed by atoms with Crippen LogP contribution in [0.5, 0.6) is 11.5 Å². The maximum absolute atomic E-state index is 6.20. The van der Waals surface area contributed by atoms with Crippen LogP contribution in [0.15, 0.2) is 12.1 Å². The minimum absolute atomic E-state index is 0.0621. The van der Waals surface area contributed by atoms with E-state index in [2.05, 4.69) is 0 Å².